The van der Waals surface area contributed by atoms with E-state index in [1.54, 1.807) is 0 Å². The van der Waals surface area contributed by atoms with Crippen molar-refractivity contribution in [3.05, 3.63) is 0 Å². The van der Waals surface area contributed by atoms with Gasteiger partial charge in [0.25, 0.3) is 0 Å². The van der Waals surface area contributed by atoms with Crippen molar-refractivity contribution in [1.29, 1.82) is 0 Å². The molecule has 3 N–H and O–H groups in total. The number of rotatable bonds is 0. The molecule has 0 aliphatic carbocycles. The Labute approximate surface area is 54.6 Å². The first-order chi connectivity index (χ1) is 4.47. The summed E-state index contributed by atoms with van der Waals surface area (Å²) >= 11 is 0. The number of nitrogens with zero attached hydrogens (tertiary/aromatic N) is 1. The van der Waals surface area contributed by atoms with E-state index in [1.807, 2.05) is 0 Å². The van der Waals surface area contributed by atoms with Gasteiger partial charge in [-0.3, -0.25) is 4.90 Å². The highest BCUT2D eigenvalue weighted by Crippen LogP contribution is 2.00. The molecule has 0 aromatic heterocycles. The summed E-state index contributed by atoms with van der Waals surface area (Å²) in [4.78, 5) is 2.39. The van der Waals surface area contributed by atoms with E-state index in [4.69, 9.17) is 0 Å². The lowest BCUT2D eigenvalue weighted by Gasteiger charge is -2.27. The topological polar surface area (TPSA) is 39.3 Å². The molecule has 2 saturated heterocycles. The third-order valence-electron chi connectivity index (χ3n) is 1.91. The van der Waals surface area contributed by atoms with Crippen molar-refractivity contribution < 1.29 is 0 Å². The molecule has 4 heteroatoms. The van der Waals surface area contributed by atoms with Gasteiger partial charge in [0.05, 0.1) is 12.8 Å². The van der Waals surface area contributed by atoms with E-state index >= 15 is 0 Å². The summed E-state index contributed by atoms with van der Waals surface area (Å²) in [6, 6.07) is 0. The summed E-state index contributed by atoms with van der Waals surface area (Å²) in [6.07, 6.45) is 0.527. The monoisotopic (exact) mass is 128 g/mol. The smallest absolute Gasteiger partial charge is 0.0866 e. The van der Waals surface area contributed by atoms with Crippen LogP contribution in [0.4, 0.5) is 0 Å². The summed E-state index contributed by atoms with van der Waals surface area (Å²) in [6.45, 7) is 4.34. The van der Waals surface area contributed by atoms with Crippen LogP contribution < -0.4 is 16.2 Å². The molecule has 2 aliphatic heterocycles. The highest BCUT2D eigenvalue weighted by molar-refractivity contribution is 4.79. The zero-order valence-corrected chi connectivity index (χ0v) is 5.35. The van der Waals surface area contributed by atoms with Crippen molar-refractivity contribution in [3.8, 4) is 0 Å². The average Bonchev–Trinajstić information content (AvgIpc) is 2.33. The summed E-state index contributed by atoms with van der Waals surface area (Å²) in [5.74, 6) is 0. The van der Waals surface area contributed by atoms with Gasteiger partial charge in [0.2, 0.25) is 0 Å². The van der Waals surface area contributed by atoms with Gasteiger partial charge in [-0.1, -0.05) is 0 Å². The van der Waals surface area contributed by atoms with Crippen LogP contribution in [0.3, 0.4) is 0 Å². The molecule has 2 heterocycles. The van der Waals surface area contributed by atoms with Gasteiger partial charge in [-0.15, -0.1) is 0 Å². The van der Waals surface area contributed by atoms with Crippen LogP contribution in [0.25, 0.3) is 0 Å². The van der Waals surface area contributed by atoms with E-state index in [9.17, 15) is 0 Å². The van der Waals surface area contributed by atoms with Gasteiger partial charge in [0, 0.05) is 19.6 Å². The number of hydrazine groups is 1. The second-order valence-corrected chi connectivity index (χ2v) is 2.51. The minimum absolute atomic E-state index is 0.527. The van der Waals surface area contributed by atoms with E-state index in [-0.39, 0.29) is 0 Å². The maximum absolute atomic E-state index is 3.31. The summed E-state index contributed by atoms with van der Waals surface area (Å²) in [5.41, 5.74) is 6.27. The van der Waals surface area contributed by atoms with Crippen molar-refractivity contribution >= 4 is 0 Å². The lowest BCUT2D eigenvalue weighted by atomic mass is 10.3. The van der Waals surface area contributed by atoms with Crippen molar-refractivity contribution in [1.82, 2.24) is 21.1 Å². The minimum atomic E-state index is 0.527. The zero-order valence-electron chi connectivity index (χ0n) is 5.35. The van der Waals surface area contributed by atoms with E-state index < -0.39 is 0 Å². The van der Waals surface area contributed by atoms with Gasteiger partial charge in [-0.05, 0) is 0 Å². The van der Waals surface area contributed by atoms with Gasteiger partial charge < -0.3 is 5.32 Å². The Bertz CT molecular complexity index is 93.1. The van der Waals surface area contributed by atoms with Crippen LogP contribution in [-0.2, 0) is 0 Å². The molecule has 0 spiro atoms. The van der Waals surface area contributed by atoms with Gasteiger partial charge >= 0.3 is 0 Å². The van der Waals surface area contributed by atoms with E-state index in [1.165, 1.54) is 0 Å². The Kier molecular flexibility index (Phi) is 1.39. The van der Waals surface area contributed by atoms with Gasteiger partial charge in [0.15, 0.2) is 0 Å². The van der Waals surface area contributed by atoms with Gasteiger partial charge in [-0.25, -0.2) is 10.9 Å². The Hall–Kier alpha value is -0.160. The predicted molar refractivity (Wildman–Crippen MR) is 34.5 cm³/mol. The normalized spacial score (nSPS) is 36.7. The van der Waals surface area contributed by atoms with Crippen LogP contribution in [0.2, 0.25) is 0 Å². The average molecular weight is 128 g/mol. The lowest BCUT2D eigenvalue weighted by Crippen LogP contribution is -2.51. The number of nitrogens with one attached hydrogen (secondary N) is 3. The number of fused-ring (bicyclic) bond motifs is 1. The highest BCUT2D eigenvalue weighted by atomic mass is 15.6. The van der Waals surface area contributed by atoms with E-state index in [0.717, 1.165) is 26.3 Å². The SMILES string of the molecule is C1CN2CNNC2CN1. The first-order valence-electron chi connectivity index (χ1n) is 3.40. The molecule has 1 unspecified atom stereocenters. The fraction of sp³-hybridized carbons (Fsp3) is 1.00. The molecule has 2 aliphatic rings. The predicted octanol–water partition coefficient (Wildman–Crippen LogP) is -1.72. The zero-order chi connectivity index (χ0) is 6.10. The van der Waals surface area contributed by atoms with Gasteiger partial charge in [-0.2, -0.15) is 0 Å². The van der Waals surface area contributed by atoms with Crippen LogP contribution in [0, 0.1) is 0 Å². The van der Waals surface area contributed by atoms with Crippen molar-refractivity contribution in [2.24, 2.45) is 0 Å². The highest BCUT2D eigenvalue weighted by Gasteiger charge is 2.25. The summed E-state index contributed by atoms with van der Waals surface area (Å²) in [5, 5.41) is 3.31. The molecule has 0 aromatic carbocycles. The fourth-order valence-corrected chi connectivity index (χ4v) is 1.34. The first-order valence-corrected chi connectivity index (χ1v) is 3.40. The molecule has 9 heavy (non-hydrogen) atoms. The van der Waals surface area contributed by atoms with Crippen LogP contribution in [0.15, 0.2) is 0 Å². The molecule has 2 fully saturated rings. The fourth-order valence-electron chi connectivity index (χ4n) is 1.34. The second-order valence-electron chi connectivity index (χ2n) is 2.51. The molecule has 0 saturated carbocycles. The molecule has 52 valence electrons. The molecule has 1 atom stereocenters. The van der Waals surface area contributed by atoms with Crippen molar-refractivity contribution in [2.45, 2.75) is 6.17 Å². The standard InChI is InChI=1S/C5H12N4/c1-2-9-4-7-8-5(9)3-6-1/h5-8H,1-4H2. The van der Waals surface area contributed by atoms with Crippen molar-refractivity contribution in [3.63, 3.8) is 0 Å². The molecule has 2 rings (SSSR count). The van der Waals surface area contributed by atoms with Gasteiger partial charge in [0.1, 0.15) is 0 Å². The minimum Gasteiger partial charge on any atom is -0.313 e. The Balaban J connectivity index is 1.97. The number of piperazine rings is 1. The molecule has 4 nitrogen and oxygen atoms in total. The van der Waals surface area contributed by atoms with Crippen molar-refractivity contribution in [2.75, 3.05) is 26.3 Å². The molecule has 0 amide bonds. The third kappa shape index (κ3) is 0.943. The molecule has 0 radical (unpaired) electrons. The molecular weight excluding hydrogens is 116 g/mol. The maximum Gasteiger partial charge on any atom is 0.0866 e. The summed E-state index contributed by atoms with van der Waals surface area (Å²) < 4.78 is 0. The third-order valence-corrected chi connectivity index (χ3v) is 1.91. The number of hydrogen-bond donors (Lipinski definition) is 3. The van der Waals surface area contributed by atoms with Crippen LogP contribution in [0.5, 0.6) is 0 Å². The van der Waals surface area contributed by atoms with E-state index in [2.05, 4.69) is 21.1 Å². The molecular formula is C5H12N4. The van der Waals surface area contributed by atoms with Crippen LogP contribution >= 0.6 is 0 Å². The lowest BCUT2D eigenvalue weighted by molar-refractivity contribution is 0.200. The molecule has 0 aromatic rings. The van der Waals surface area contributed by atoms with Crippen LogP contribution in [0.1, 0.15) is 0 Å². The van der Waals surface area contributed by atoms with Crippen LogP contribution in [-0.4, -0.2) is 37.4 Å². The Morgan fingerprint density at radius 2 is 2.44 bits per heavy atom. The first kappa shape index (κ1) is 5.61. The quantitative estimate of drug-likeness (QED) is 0.363. The maximum atomic E-state index is 3.31. The largest absolute Gasteiger partial charge is 0.313 e. The Morgan fingerprint density at radius 1 is 1.44 bits per heavy atom. The summed E-state index contributed by atoms with van der Waals surface area (Å²) in [7, 11) is 0. The number of hydrogen-bond acceptors (Lipinski definition) is 4. The Morgan fingerprint density at radius 3 is 3.33 bits per heavy atom. The van der Waals surface area contributed by atoms with E-state index in [0.29, 0.717) is 6.17 Å². The second kappa shape index (κ2) is 2.22. The molecule has 0 bridgehead atoms.